The molecule has 222 valence electrons. The molecule has 47 heavy (non-hydrogen) atoms. The van der Waals surface area contributed by atoms with Crippen molar-refractivity contribution < 1.29 is 8.98 Å². The Bertz CT molecular complexity index is 2870. The van der Waals surface area contributed by atoms with Gasteiger partial charge < -0.3 is 13.6 Å². The van der Waals surface area contributed by atoms with Crippen LogP contribution in [0, 0.1) is 6.92 Å². The van der Waals surface area contributed by atoms with Crippen molar-refractivity contribution in [1.82, 2.24) is 9.13 Å². The number of nitrogens with zero attached hydrogens (tertiary/aromatic N) is 3. The molecule has 0 atom stereocenters. The molecule has 10 aromatic rings. The molecule has 0 amide bonds. The number of benzene rings is 6. The number of furan rings is 1. The molecular formula is C43H30N3O+. The zero-order valence-corrected chi connectivity index (χ0v) is 26.1. The molecule has 0 bridgehead atoms. The summed E-state index contributed by atoms with van der Waals surface area (Å²) in [5.74, 6) is 0. The summed E-state index contributed by atoms with van der Waals surface area (Å²) >= 11 is 0. The lowest BCUT2D eigenvalue weighted by atomic mass is 10.00. The summed E-state index contributed by atoms with van der Waals surface area (Å²) in [6, 6.07) is 50.1. The van der Waals surface area contributed by atoms with Crippen LogP contribution < -0.4 is 4.57 Å². The highest BCUT2D eigenvalue weighted by molar-refractivity contribution is 6.13. The lowest BCUT2D eigenvalue weighted by Gasteiger charge is -2.12. The van der Waals surface area contributed by atoms with E-state index in [1.807, 2.05) is 6.07 Å². The molecule has 4 heteroatoms. The van der Waals surface area contributed by atoms with E-state index in [1.165, 1.54) is 43.7 Å². The maximum absolute atomic E-state index is 6.57. The monoisotopic (exact) mass is 604 g/mol. The van der Waals surface area contributed by atoms with Crippen LogP contribution in [-0.4, -0.2) is 9.13 Å². The number of para-hydroxylation sites is 4. The summed E-state index contributed by atoms with van der Waals surface area (Å²) in [7, 11) is 2.15. The number of hydrogen-bond donors (Lipinski definition) is 0. The average molecular weight is 605 g/mol. The van der Waals surface area contributed by atoms with Gasteiger partial charge in [0, 0.05) is 44.4 Å². The summed E-state index contributed by atoms with van der Waals surface area (Å²) in [5.41, 5.74) is 12.3. The van der Waals surface area contributed by atoms with Crippen LogP contribution in [0.2, 0.25) is 0 Å². The largest absolute Gasteiger partial charge is 0.455 e. The maximum Gasteiger partial charge on any atom is 0.218 e. The van der Waals surface area contributed by atoms with Gasteiger partial charge in [0.1, 0.15) is 18.2 Å². The van der Waals surface area contributed by atoms with E-state index >= 15 is 0 Å². The van der Waals surface area contributed by atoms with E-state index in [2.05, 4.69) is 167 Å². The van der Waals surface area contributed by atoms with Gasteiger partial charge in [0.2, 0.25) is 5.69 Å². The minimum Gasteiger partial charge on any atom is -0.455 e. The first-order chi connectivity index (χ1) is 23.2. The van der Waals surface area contributed by atoms with Gasteiger partial charge in [-0.1, -0.05) is 91.0 Å². The van der Waals surface area contributed by atoms with Gasteiger partial charge in [0.15, 0.2) is 6.20 Å². The number of rotatable bonds is 3. The molecule has 0 unspecified atom stereocenters. The second-order valence-electron chi connectivity index (χ2n) is 12.5. The third kappa shape index (κ3) is 3.67. The van der Waals surface area contributed by atoms with Crippen LogP contribution in [0.3, 0.4) is 0 Å². The molecule has 0 aliphatic rings. The summed E-state index contributed by atoms with van der Waals surface area (Å²) in [4.78, 5) is 0. The van der Waals surface area contributed by atoms with Crippen molar-refractivity contribution in [2.24, 2.45) is 7.05 Å². The first kappa shape index (κ1) is 26.1. The van der Waals surface area contributed by atoms with Gasteiger partial charge >= 0.3 is 0 Å². The summed E-state index contributed by atoms with van der Waals surface area (Å²) in [6.45, 7) is 2.18. The van der Waals surface area contributed by atoms with E-state index in [0.717, 1.165) is 50.1 Å². The van der Waals surface area contributed by atoms with Gasteiger partial charge in [-0.3, -0.25) is 0 Å². The van der Waals surface area contributed by atoms with Crippen LogP contribution in [0.1, 0.15) is 5.56 Å². The van der Waals surface area contributed by atoms with E-state index < -0.39 is 0 Å². The SMILES string of the molecule is Cc1ccc2c(oc3ccccc32)c1-c1cc2c(c[n+]1C)c1ccccc1n2-c1ccc2c3ccccc3n(-c3ccccc3)c2c1. The minimum atomic E-state index is 0.911. The minimum absolute atomic E-state index is 0.911. The quantitative estimate of drug-likeness (QED) is 0.184. The Labute approximate surface area is 270 Å². The molecule has 4 nitrogen and oxygen atoms in total. The number of pyridine rings is 1. The first-order valence-electron chi connectivity index (χ1n) is 16.1. The highest BCUT2D eigenvalue weighted by Crippen LogP contribution is 2.40. The second-order valence-corrected chi connectivity index (χ2v) is 12.5. The second kappa shape index (κ2) is 9.68. The van der Waals surface area contributed by atoms with Gasteiger partial charge in [0.25, 0.3) is 0 Å². The number of hydrogen-bond acceptors (Lipinski definition) is 1. The highest BCUT2D eigenvalue weighted by Gasteiger charge is 2.24. The predicted molar refractivity (Wildman–Crippen MR) is 194 cm³/mol. The van der Waals surface area contributed by atoms with Gasteiger partial charge in [0.05, 0.1) is 33.0 Å². The van der Waals surface area contributed by atoms with Crippen molar-refractivity contribution in [3.8, 4) is 22.6 Å². The van der Waals surface area contributed by atoms with Crippen molar-refractivity contribution >= 4 is 65.6 Å². The van der Waals surface area contributed by atoms with Crippen molar-refractivity contribution in [2.45, 2.75) is 6.92 Å². The topological polar surface area (TPSA) is 26.9 Å². The average Bonchev–Trinajstić information content (AvgIpc) is 3.75. The molecule has 0 spiro atoms. The van der Waals surface area contributed by atoms with Crippen LogP contribution in [-0.2, 0) is 7.05 Å². The van der Waals surface area contributed by atoms with Crippen LogP contribution in [0.4, 0.5) is 0 Å². The zero-order chi connectivity index (χ0) is 31.2. The summed E-state index contributed by atoms with van der Waals surface area (Å²) in [5, 5.41) is 7.22. The Morgan fingerprint density at radius 3 is 1.87 bits per heavy atom. The highest BCUT2D eigenvalue weighted by atomic mass is 16.3. The van der Waals surface area contributed by atoms with E-state index in [1.54, 1.807) is 0 Å². The Morgan fingerprint density at radius 2 is 1.09 bits per heavy atom. The molecule has 0 N–H and O–H groups in total. The van der Waals surface area contributed by atoms with Crippen LogP contribution in [0.5, 0.6) is 0 Å². The van der Waals surface area contributed by atoms with Crippen LogP contribution in [0.15, 0.2) is 150 Å². The predicted octanol–water partition coefficient (Wildman–Crippen LogP) is 10.6. The lowest BCUT2D eigenvalue weighted by molar-refractivity contribution is -0.659. The molecule has 0 saturated heterocycles. The standard InChI is InChI=1S/C43H30N3O/c1-27-20-22-34-33-16-8-11-19-41(33)47-43(34)42(27)40-25-39-35(26-44(40)2)31-15-7-10-18-37(31)46(39)29-21-23-32-30-14-6-9-17-36(30)45(38(32)24-29)28-12-4-3-5-13-28/h3-26H,1-2H3/q+1. The van der Waals surface area contributed by atoms with E-state index in [9.17, 15) is 0 Å². The molecular weight excluding hydrogens is 574 g/mol. The molecule has 6 aromatic carbocycles. The van der Waals surface area contributed by atoms with Crippen LogP contribution in [0.25, 0.3) is 88.2 Å². The van der Waals surface area contributed by atoms with Crippen molar-refractivity contribution in [3.05, 3.63) is 151 Å². The smallest absolute Gasteiger partial charge is 0.218 e. The lowest BCUT2D eigenvalue weighted by Crippen LogP contribution is -2.30. The van der Waals surface area contributed by atoms with Gasteiger partial charge in [-0.05, 0) is 55.0 Å². The van der Waals surface area contributed by atoms with E-state index in [-0.39, 0.29) is 0 Å². The van der Waals surface area contributed by atoms with Gasteiger partial charge in [-0.15, -0.1) is 0 Å². The van der Waals surface area contributed by atoms with Crippen molar-refractivity contribution in [1.29, 1.82) is 0 Å². The van der Waals surface area contributed by atoms with Crippen molar-refractivity contribution in [3.63, 3.8) is 0 Å². The fourth-order valence-corrected chi connectivity index (χ4v) is 7.74. The zero-order valence-electron chi connectivity index (χ0n) is 26.1. The maximum atomic E-state index is 6.57. The molecule has 0 aliphatic heterocycles. The molecule has 0 radical (unpaired) electrons. The molecule has 10 rings (SSSR count). The third-order valence-corrected chi connectivity index (χ3v) is 9.87. The first-order valence-corrected chi connectivity index (χ1v) is 16.1. The summed E-state index contributed by atoms with van der Waals surface area (Å²) in [6.07, 6.45) is 2.28. The third-order valence-electron chi connectivity index (χ3n) is 9.87. The van der Waals surface area contributed by atoms with Gasteiger partial charge in [-0.25, -0.2) is 4.57 Å². The van der Waals surface area contributed by atoms with Crippen LogP contribution >= 0.6 is 0 Å². The van der Waals surface area contributed by atoms with E-state index in [4.69, 9.17) is 4.42 Å². The molecule has 4 heterocycles. The Hall–Kier alpha value is -6.13. The molecule has 0 fully saturated rings. The number of fused-ring (bicyclic) bond motifs is 9. The molecule has 4 aromatic heterocycles. The summed E-state index contributed by atoms with van der Waals surface area (Å²) < 4.78 is 13.6. The van der Waals surface area contributed by atoms with E-state index in [0.29, 0.717) is 0 Å². The Kier molecular flexibility index (Phi) is 5.38. The fourth-order valence-electron chi connectivity index (χ4n) is 7.74. The Balaban J connectivity index is 1.29. The Morgan fingerprint density at radius 1 is 0.489 bits per heavy atom. The number of aryl methyl sites for hydroxylation is 2. The van der Waals surface area contributed by atoms with Crippen molar-refractivity contribution in [2.75, 3.05) is 0 Å². The fraction of sp³-hybridized carbons (Fsp3) is 0.0465. The number of aromatic nitrogens is 3. The normalized spacial score (nSPS) is 12.0. The van der Waals surface area contributed by atoms with Gasteiger partial charge in [-0.2, -0.15) is 0 Å². The molecule has 0 saturated carbocycles. The molecule has 0 aliphatic carbocycles.